The second kappa shape index (κ2) is 10.3. The van der Waals surface area contributed by atoms with E-state index in [9.17, 15) is 24.4 Å². The van der Waals surface area contributed by atoms with Gasteiger partial charge in [0.25, 0.3) is 0 Å². The van der Waals surface area contributed by atoms with Gasteiger partial charge >= 0.3 is 5.97 Å². The lowest BCUT2D eigenvalue weighted by molar-refractivity contribution is -0.159. The van der Waals surface area contributed by atoms with E-state index < -0.39 is 23.8 Å². The lowest BCUT2D eigenvalue weighted by atomic mass is 9.92. The Hall–Kier alpha value is -3.05. The second-order valence-corrected chi connectivity index (χ2v) is 7.96. The van der Waals surface area contributed by atoms with Gasteiger partial charge in [-0.2, -0.15) is 0 Å². The summed E-state index contributed by atoms with van der Waals surface area (Å²) in [6.07, 6.45) is 6.54. The molecule has 2 heterocycles. The first-order valence-electron chi connectivity index (χ1n) is 10.4. The monoisotopic (exact) mass is 433 g/mol. The van der Waals surface area contributed by atoms with E-state index in [-0.39, 0.29) is 30.2 Å². The van der Waals surface area contributed by atoms with Crippen LogP contribution in [0, 0.1) is 11.8 Å². The number of carbonyl (C=O) groups excluding carboxylic acids is 3. The molecular formula is C20H27N5O6. The van der Waals surface area contributed by atoms with Gasteiger partial charge in [-0.15, -0.1) is 0 Å². The Labute approximate surface area is 179 Å². The molecule has 1 aliphatic carbocycles. The number of carboxylic acid groups (broad SMARTS) is 1. The molecule has 1 aromatic heterocycles. The number of carbonyl (C=O) groups is 4. The predicted molar refractivity (Wildman–Crippen MR) is 108 cm³/mol. The molecular weight excluding hydrogens is 406 g/mol. The van der Waals surface area contributed by atoms with Crippen molar-refractivity contribution < 1.29 is 29.5 Å². The zero-order valence-electron chi connectivity index (χ0n) is 17.1. The Morgan fingerprint density at radius 3 is 2.65 bits per heavy atom. The van der Waals surface area contributed by atoms with Crippen molar-refractivity contribution >= 4 is 30.0 Å². The smallest absolute Gasteiger partial charge is 0.337 e. The zero-order chi connectivity index (χ0) is 22.4. The maximum absolute atomic E-state index is 13.2. The normalized spacial score (nSPS) is 19.8. The van der Waals surface area contributed by atoms with Crippen molar-refractivity contribution in [1.29, 1.82) is 0 Å². The van der Waals surface area contributed by atoms with Crippen molar-refractivity contribution in [2.75, 3.05) is 18.4 Å². The van der Waals surface area contributed by atoms with Crippen molar-refractivity contribution in [2.45, 2.75) is 44.6 Å². The number of hydrogen-bond acceptors (Lipinski definition) is 7. The minimum Gasteiger partial charge on any atom is -0.478 e. The molecule has 1 saturated carbocycles. The summed E-state index contributed by atoms with van der Waals surface area (Å²) in [5.74, 6) is -2.03. The average molecular weight is 433 g/mol. The highest BCUT2D eigenvalue weighted by molar-refractivity contribution is 5.97. The van der Waals surface area contributed by atoms with E-state index in [1.165, 1.54) is 17.1 Å². The van der Waals surface area contributed by atoms with Gasteiger partial charge < -0.3 is 10.4 Å². The molecule has 3 amide bonds. The van der Waals surface area contributed by atoms with E-state index in [0.717, 1.165) is 31.9 Å². The molecule has 1 aliphatic heterocycles. The van der Waals surface area contributed by atoms with Gasteiger partial charge in [-0.25, -0.2) is 20.3 Å². The summed E-state index contributed by atoms with van der Waals surface area (Å²) in [5, 5.41) is 23.0. The van der Waals surface area contributed by atoms with Gasteiger partial charge in [0, 0.05) is 12.7 Å². The fourth-order valence-electron chi connectivity index (χ4n) is 4.21. The standard InChI is InChI=1S/C20H27N5O6/c26-12-24(31)11-15(9-13-3-1-2-4-13)19(28)25-16(7-8-22-25)18(27)23-17-6-5-14(10-21-17)20(29)30/h5-6,10,12-13,15-16,22,31H,1-4,7-9,11H2,(H,29,30)(H,21,23,27)/t15-,16+/m1/s1. The van der Waals surface area contributed by atoms with Crippen LogP contribution in [0.4, 0.5) is 5.82 Å². The van der Waals surface area contributed by atoms with E-state index in [0.29, 0.717) is 30.4 Å². The van der Waals surface area contributed by atoms with Crippen LogP contribution in [-0.4, -0.2) is 68.7 Å². The average Bonchev–Trinajstić information content (AvgIpc) is 3.45. The molecule has 4 N–H and O–H groups in total. The number of hydrazine groups is 1. The molecule has 0 spiro atoms. The third-order valence-electron chi connectivity index (χ3n) is 5.78. The molecule has 0 aromatic carbocycles. The van der Waals surface area contributed by atoms with Crippen LogP contribution >= 0.6 is 0 Å². The Kier molecular flexibility index (Phi) is 7.53. The van der Waals surface area contributed by atoms with Gasteiger partial charge in [0.15, 0.2) is 0 Å². The van der Waals surface area contributed by atoms with Crippen molar-refractivity contribution in [3.63, 3.8) is 0 Å². The first-order valence-corrected chi connectivity index (χ1v) is 10.4. The minimum absolute atomic E-state index is 0.00386. The molecule has 1 saturated heterocycles. The maximum atomic E-state index is 13.2. The summed E-state index contributed by atoms with van der Waals surface area (Å²) < 4.78 is 0. The molecule has 1 aromatic rings. The zero-order valence-corrected chi connectivity index (χ0v) is 17.1. The fourth-order valence-corrected chi connectivity index (χ4v) is 4.21. The van der Waals surface area contributed by atoms with Crippen LogP contribution in [0.25, 0.3) is 0 Å². The SMILES string of the molecule is O=CN(O)C[C@@H](CC1CCCC1)C(=O)N1NCC[C@H]1C(=O)Nc1ccc(C(=O)O)cn1. The van der Waals surface area contributed by atoms with Crippen molar-refractivity contribution in [3.8, 4) is 0 Å². The summed E-state index contributed by atoms with van der Waals surface area (Å²) in [7, 11) is 0. The van der Waals surface area contributed by atoms with Gasteiger partial charge in [-0.3, -0.25) is 24.6 Å². The third kappa shape index (κ3) is 5.76. The highest BCUT2D eigenvalue weighted by Gasteiger charge is 2.39. The number of amides is 3. The van der Waals surface area contributed by atoms with Crippen LogP contribution in [0.1, 0.15) is 48.9 Å². The highest BCUT2D eigenvalue weighted by atomic mass is 16.5. The lowest BCUT2D eigenvalue weighted by Crippen LogP contribution is -2.51. The quantitative estimate of drug-likeness (QED) is 0.254. The number of nitrogens with zero attached hydrogens (tertiary/aromatic N) is 3. The van der Waals surface area contributed by atoms with E-state index in [2.05, 4.69) is 15.7 Å². The predicted octanol–water partition coefficient (Wildman–Crippen LogP) is 0.868. The number of rotatable bonds is 9. The van der Waals surface area contributed by atoms with Crippen molar-refractivity contribution in [3.05, 3.63) is 23.9 Å². The van der Waals surface area contributed by atoms with Crippen LogP contribution in [-0.2, 0) is 14.4 Å². The molecule has 0 radical (unpaired) electrons. The number of pyridine rings is 1. The fraction of sp³-hybridized carbons (Fsp3) is 0.550. The number of aromatic nitrogens is 1. The molecule has 2 aliphatic rings. The number of hydrogen-bond donors (Lipinski definition) is 4. The molecule has 168 valence electrons. The van der Waals surface area contributed by atoms with Crippen LogP contribution in [0.2, 0.25) is 0 Å². The Bertz CT molecular complexity index is 811. The van der Waals surface area contributed by atoms with E-state index in [1.54, 1.807) is 0 Å². The summed E-state index contributed by atoms with van der Waals surface area (Å²) in [5.41, 5.74) is 2.93. The first kappa shape index (κ1) is 22.6. The number of aromatic carboxylic acids is 1. The second-order valence-electron chi connectivity index (χ2n) is 7.96. The van der Waals surface area contributed by atoms with Crippen LogP contribution in [0.3, 0.4) is 0 Å². The summed E-state index contributed by atoms with van der Waals surface area (Å²) in [6, 6.07) is 1.92. The van der Waals surface area contributed by atoms with Crippen molar-refractivity contribution in [1.82, 2.24) is 20.5 Å². The molecule has 0 bridgehead atoms. The molecule has 2 fully saturated rings. The van der Waals surface area contributed by atoms with Gasteiger partial charge in [0.05, 0.1) is 18.0 Å². The van der Waals surface area contributed by atoms with E-state index >= 15 is 0 Å². The van der Waals surface area contributed by atoms with Crippen molar-refractivity contribution in [2.24, 2.45) is 11.8 Å². The largest absolute Gasteiger partial charge is 0.478 e. The van der Waals surface area contributed by atoms with Crippen LogP contribution in [0.5, 0.6) is 0 Å². The number of carboxylic acids is 1. The highest BCUT2D eigenvalue weighted by Crippen LogP contribution is 2.31. The third-order valence-corrected chi connectivity index (χ3v) is 5.78. The Balaban J connectivity index is 1.68. The van der Waals surface area contributed by atoms with Gasteiger partial charge in [0.2, 0.25) is 18.2 Å². The van der Waals surface area contributed by atoms with Crippen LogP contribution < -0.4 is 10.7 Å². The number of nitrogens with one attached hydrogen (secondary N) is 2. The molecule has 31 heavy (non-hydrogen) atoms. The lowest BCUT2D eigenvalue weighted by Gasteiger charge is -2.29. The molecule has 2 atom stereocenters. The van der Waals surface area contributed by atoms with Gasteiger partial charge in [-0.05, 0) is 30.9 Å². The van der Waals surface area contributed by atoms with Crippen LogP contribution in [0.15, 0.2) is 18.3 Å². The van der Waals surface area contributed by atoms with E-state index in [4.69, 9.17) is 5.11 Å². The minimum atomic E-state index is -1.12. The molecule has 11 heteroatoms. The van der Waals surface area contributed by atoms with Gasteiger partial charge in [-0.1, -0.05) is 25.7 Å². The molecule has 3 rings (SSSR count). The maximum Gasteiger partial charge on any atom is 0.337 e. The Morgan fingerprint density at radius 1 is 1.29 bits per heavy atom. The summed E-state index contributed by atoms with van der Waals surface area (Å²) in [4.78, 5) is 51.7. The Morgan fingerprint density at radius 2 is 2.03 bits per heavy atom. The molecule has 11 nitrogen and oxygen atoms in total. The number of anilines is 1. The summed E-state index contributed by atoms with van der Waals surface area (Å²) >= 11 is 0. The topological polar surface area (TPSA) is 152 Å². The van der Waals surface area contributed by atoms with Gasteiger partial charge in [0.1, 0.15) is 11.9 Å². The van der Waals surface area contributed by atoms with E-state index in [1.807, 2.05) is 0 Å². The molecule has 0 unspecified atom stereocenters. The summed E-state index contributed by atoms with van der Waals surface area (Å²) in [6.45, 7) is 0.283. The number of hydroxylamine groups is 2. The first-order chi connectivity index (χ1) is 14.9.